The van der Waals surface area contributed by atoms with Crippen LogP contribution in [0.5, 0.6) is 11.5 Å². The Morgan fingerprint density at radius 1 is 1.18 bits per heavy atom. The molecule has 0 aliphatic carbocycles. The van der Waals surface area contributed by atoms with Crippen LogP contribution in [0.25, 0.3) is 11.2 Å². The van der Waals surface area contributed by atoms with E-state index < -0.39 is 6.10 Å². The van der Waals surface area contributed by atoms with Crippen LogP contribution >= 0.6 is 22.6 Å². The van der Waals surface area contributed by atoms with Gasteiger partial charge in [-0.05, 0) is 26.8 Å². The molecule has 3 aromatic rings. The van der Waals surface area contributed by atoms with Crippen LogP contribution in [-0.4, -0.2) is 45.0 Å². The second-order valence-corrected chi connectivity index (χ2v) is 8.08. The van der Waals surface area contributed by atoms with Crippen molar-refractivity contribution in [1.29, 1.82) is 0 Å². The van der Waals surface area contributed by atoms with E-state index in [1.54, 1.807) is 25.4 Å². The number of aromatic hydroxyl groups is 2. The van der Waals surface area contributed by atoms with Gasteiger partial charge in [-0.3, -0.25) is 0 Å². The first kappa shape index (κ1) is 20.4. The summed E-state index contributed by atoms with van der Waals surface area (Å²) in [5, 5.41) is 35.7. The lowest BCUT2D eigenvalue weighted by Gasteiger charge is -2.17. The summed E-state index contributed by atoms with van der Waals surface area (Å²) in [5.74, 6) is 0.498. The number of aliphatic hydroxyl groups excluding tert-OH is 1. The summed E-state index contributed by atoms with van der Waals surface area (Å²) in [5.41, 5.74) is 1.78. The van der Waals surface area contributed by atoms with E-state index in [2.05, 4.69) is 48.2 Å². The molecule has 0 spiro atoms. The highest BCUT2D eigenvalue weighted by Crippen LogP contribution is 2.30. The normalized spacial score (nSPS) is 13.6. The van der Waals surface area contributed by atoms with E-state index in [4.69, 9.17) is 0 Å². The summed E-state index contributed by atoms with van der Waals surface area (Å²) in [4.78, 5) is 13.5. The monoisotopic (exact) mass is 498 g/mol. The summed E-state index contributed by atoms with van der Waals surface area (Å²) in [6.07, 6.45) is 1.12. The number of nitrogens with zero attached hydrogens (tertiary/aromatic N) is 4. The maximum absolute atomic E-state index is 10.0. The van der Waals surface area contributed by atoms with Gasteiger partial charge in [0.15, 0.2) is 28.5 Å². The Hall–Kier alpha value is -2.34. The summed E-state index contributed by atoms with van der Waals surface area (Å²) >= 11 is 2.08. The molecule has 2 aromatic heterocycles. The number of hydrogen-bond acceptors (Lipinski definition) is 8. The molecule has 0 amide bonds. The number of rotatable bonds is 7. The van der Waals surface area contributed by atoms with E-state index in [-0.39, 0.29) is 28.1 Å². The van der Waals surface area contributed by atoms with Gasteiger partial charge in [-0.2, -0.15) is 9.97 Å². The standard InChI is InChI=1S/C18H23IN6O3/c1-9(2)25-8-21-13-16(20-7-11-5-4-6-12(27)14(11)28)23-18(24-17(13)25)22-15(19)10(3)26/h4-6,8-10,15,26-28H,7H2,1-3H3,(H2,20,22,23,24)/t10?,15-/m0/s1. The first-order chi connectivity index (χ1) is 13.3. The average molecular weight is 498 g/mol. The molecular formula is C18H23IN6O3. The van der Waals surface area contributed by atoms with Gasteiger partial charge in [0.1, 0.15) is 4.05 Å². The maximum atomic E-state index is 10.0. The maximum Gasteiger partial charge on any atom is 0.227 e. The number of benzene rings is 1. The van der Waals surface area contributed by atoms with E-state index in [9.17, 15) is 15.3 Å². The number of fused-ring (bicyclic) bond motifs is 1. The van der Waals surface area contributed by atoms with Crippen molar-refractivity contribution in [3.8, 4) is 11.5 Å². The Morgan fingerprint density at radius 2 is 1.93 bits per heavy atom. The predicted octanol–water partition coefficient (Wildman–Crippen LogP) is 2.98. The molecule has 2 atom stereocenters. The summed E-state index contributed by atoms with van der Waals surface area (Å²) < 4.78 is 1.66. The largest absolute Gasteiger partial charge is 0.504 e. The third-order valence-corrected chi connectivity index (χ3v) is 5.57. The van der Waals surface area contributed by atoms with Crippen LogP contribution in [0.15, 0.2) is 24.5 Å². The second-order valence-electron chi connectivity index (χ2n) is 6.74. The van der Waals surface area contributed by atoms with Gasteiger partial charge in [0.2, 0.25) is 5.95 Å². The minimum absolute atomic E-state index is 0.155. The van der Waals surface area contributed by atoms with E-state index in [1.807, 2.05) is 18.4 Å². The number of alkyl halides is 1. The van der Waals surface area contributed by atoms with Crippen molar-refractivity contribution in [2.75, 3.05) is 10.6 Å². The van der Waals surface area contributed by atoms with Crippen molar-refractivity contribution >= 4 is 45.5 Å². The molecule has 10 heteroatoms. The topological polar surface area (TPSA) is 128 Å². The lowest BCUT2D eigenvalue weighted by Crippen LogP contribution is -2.26. The fourth-order valence-corrected chi connectivity index (χ4v) is 2.90. The zero-order chi connectivity index (χ0) is 20.4. The zero-order valence-corrected chi connectivity index (χ0v) is 17.9. The van der Waals surface area contributed by atoms with Crippen LogP contribution in [0, 0.1) is 0 Å². The van der Waals surface area contributed by atoms with Crippen molar-refractivity contribution in [3.63, 3.8) is 0 Å². The molecule has 2 heterocycles. The first-order valence-electron chi connectivity index (χ1n) is 8.85. The number of phenols is 2. The quantitative estimate of drug-likeness (QED) is 0.146. The molecule has 5 N–H and O–H groups in total. The molecular weight excluding hydrogens is 475 g/mol. The number of anilines is 2. The number of nitrogens with one attached hydrogen (secondary N) is 2. The van der Waals surface area contributed by atoms with Crippen molar-refractivity contribution in [1.82, 2.24) is 19.5 Å². The van der Waals surface area contributed by atoms with Crippen LogP contribution < -0.4 is 10.6 Å². The molecule has 150 valence electrons. The van der Waals surface area contributed by atoms with Crippen LogP contribution in [0.1, 0.15) is 32.4 Å². The molecule has 1 unspecified atom stereocenters. The van der Waals surface area contributed by atoms with E-state index in [0.717, 1.165) is 0 Å². The predicted molar refractivity (Wildman–Crippen MR) is 116 cm³/mol. The number of phenolic OH excluding ortho intramolecular Hbond substituents is 2. The van der Waals surface area contributed by atoms with Crippen LogP contribution in [-0.2, 0) is 6.54 Å². The summed E-state index contributed by atoms with van der Waals surface area (Å²) in [6, 6.07) is 4.94. The minimum Gasteiger partial charge on any atom is -0.504 e. The van der Waals surface area contributed by atoms with Gasteiger partial charge in [-0.15, -0.1) is 0 Å². The zero-order valence-electron chi connectivity index (χ0n) is 15.8. The van der Waals surface area contributed by atoms with Crippen LogP contribution in [0.2, 0.25) is 0 Å². The number of para-hydroxylation sites is 1. The Bertz CT molecular complexity index is 975. The Balaban J connectivity index is 1.98. The Morgan fingerprint density at radius 3 is 2.61 bits per heavy atom. The molecule has 28 heavy (non-hydrogen) atoms. The molecule has 0 bridgehead atoms. The van der Waals surface area contributed by atoms with E-state index in [0.29, 0.717) is 28.5 Å². The molecule has 9 nitrogen and oxygen atoms in total. The molecule has 0 aliphatic rings. The average Bonchev–Trinajstić information content (AvgIpc) is 3.07. The number of aliphatic hydroxyl groups is 1. The Labute approximate surface area is 176 Å². The molecule has 3 rings (SSSR count). The summed E-state index contributed by atoms with van der Waals surface area (Å²) in [6.45, 7) is 5.99. The van der Waals surface area contributed by atoms with Gasteiger partial charge in [0.05, 0.1) is 12.4 Å². The summed E-state index contributed by atoms with van der Waals surface area (Å²) in [7, 11) is 0. The van der Waals surface area contributed by atoms with Crippen LogP contribution in [0.3, 0.4) is 0 Å². The van der Waals surface area contributed by atoms with Crippen molar-refractivity contribution in [2.45, 2.75) is 43.5 Å². The molecule has 0 saturated carbocycles. The fourth-order valence-electron chi connectivity index (χ4n) is 2.63. The lowest BCUT2D eigenvalue weighted by atomic mass is 10.2. The number of aromatic nitrogens is 4. The highest BCUT2D eigenvalue weighted by Gasteiger charge is 2.18. The van der Waals surface area contributed by atoms with E-state index >= 15 is 0 Å². The van der Waals surface area contributed by atoms with Gasteiger partial charge in [0.25, 0.3) is 0 Å². The molecule has 1 aromatic carbocycles. The van der Waals surface area contributed by atoms with Gasteiger partial charge < -0.3 is 30.5 Å². The Kier molecular flexibility index (Phi) is 6.08. The lowest BCUT2D eigenvalue weighted by molar-refractivity contribution is 0.203. The number of hydrogen-bond donors (Lipinski definition) is 5. The molecule has 0 saturated heterocycles. The number of imidazole rings is 1. The smallest absolute Gasteiger partial charge is 0.227 e. The van der Waals surface area contributed by atoms with Gasteiger partial charge >= 0.3 is 0 Å². The van der Waals surface area contributed by atoms with E-state index in [1.165, 1.54) is 6.07 Å². The first-order valence-corrected chi connectivity index (χ1v) is 10.1. The molecule has 0 aliphatic heterocycles. The second kappa shape index (κ2) is 8.35. The third-order valence-electron chi connectivity index (χ3n) is 4.21. The van der Waals surface area contributed by atoms with Crippen LogP contribution in [0.4, 0.5) is 11.8 Å². The highest BCUT2D eigenvalue weighted by molar-refractivity contribution is 14.1. The van der Waals surface area contributed by atoms with Crippen molar-refractivity contribution < 1.29 is 15.3 Å². The number of halogens is 1. The SMILES string of the molecule is CC(O)[C@@H](I)Nc1nc(NCc2cccc(O)c2O)c2ncn(C(C)C)c2n1. The minimum atomic E-state index is -0.587. The van der Waals surface area contributed by atoms with Gasteiger partial charge in [-0.25, -0.2) is 4.98 Å². The highest BCUT2D eigenvalue weighted by atomic mass is 127. The molecule has 0 fully saturated rings. The molecule has 0 radical (unpaired) electrons. The fraction of sp³-hybridized carbons (Fsp3) is 0.389. The van der Waals surface area contributed by atoms with Crippen molar-refractivity contribution in [2.24, 2.45) is 0 Å². The third kappa shape index (κ3) is 4.22. The van der Waals surface area contributed by atoms with Gasteiger partial charge in [-0.1, -0.05) is 34.7 Å². The van der Waals surface area contributed by atoms with Gasteiger partial charge in [0, 0.05) is 18.2 Å². The van der Waals surface area contributed by atoms with Crippen molar-refractivity contribution in [3.05, 3.63) is 30.1 Å².